The standard InChI is InChI=1S/C11H15N3O3/c15-7-11(1-3-17-4-2-11)14-10(16)9-5-12-8-13-6-9/h5-6,8,15H,1-4,7H2,(H,14,16). The zero-order chi connectivity index (χ0) is 12.1. The first-order valence-corrected chi connectivity index (χ1v) is 5.52. The lowest BCUT2D eigenvalue weighted by Gasteiger charge is -2.36. The molecule has 0 saturated carbocycles. The summed E-state index contributed by atoms with van der Waals surface area (Å²) in [7, 11) is 0. The van der Waals surface area contributed by atoms with Crippen LogP contribution in [0.3, 0.4) is 0 Å². The highest BCUT2D eigenvalue weighted by Gasteiger charge is 2.33. The van der Waals surface area contributed by atoms with E-state index in [1.54, 1.807) is 0 Å². The van der Waals surface area contributed by atoms with Crippen molar-refractivity contribution < 1.29 is 14.6 Å². The number of aliphatic hydroxyl groups is 1. The molecule has 92 valence electrons. The van der Waals surface area contributed by atoms with E-state index >= 15 is 0 Å². The van der Waals surface area contributed by atoms with Crippen LogP contribution in [0.4, 0.5) is 0 Å². The van der Waals surface area contributed by atoms with E-state index in [-0.39, 0.29) is 12.5 Å². The summed E-state index contributed by atoms with van der Waals surface area (Å²) in [5, 5.41) is 12.3. The van der Waals surface area contributed by atoms with Gasteiger partial charge in [0.15, 0.2) is 0 Å². The van der Waals surface area contributed by atoms with E-state index in [4.69, 9.17) is 4.74 Å². The van der Waals surface area contributed by atoms with Crippen molar-refractivity contribution in [1.29, 1.82) is 0 Å². The summed E-state index contributed by atoms with van der Waals surface area (Å²) in [6.45, 7) is 1.01. The Morgan fingerprint density at radius 1 is 1.41 bits per heavy atom. The van der Waals surface area contributed by atoms with E-state index in [1.807, 2.05) is 0 Å². The molecule has 6 heteroatoms. The van der Waals surface area contributed by atoms with Crippen LogP contribution in [0, 0.1) is 0 Å². The number of aliphatic hydroxyl groups excluding tert-OH is 1. The molecule has 1 aromatic heterocycles. The van der Waals surface area contributed by atoms with Gasteiger partial charge in [-0.05, 0) is 12.8 Å². The Bertz CT molecular complexity index is 377. The average molecular weight is 237 g/mol. The van der Waals surface area contributed by atoms with E-state index in [0.29, 0.717) is 31.6 Å². The first-order chi connectivity index (χ1) is 8.26. The Morgan fingerprint density at radius 2 is 2.06 bits per heavy atom. The molecule has 1 fully saturated rings. The molecular weight excluding hydrogens is 222 g/mol. The topological polar surface area (TPSA) is 84.3 Å². The second-order valence-corrected chi connectivity index (χ2v) is 4.13. The Morgan fingerprint density at radius 3 is 2.65 bits per heavy atom. The number of hydrogen-bond donors (Lipinski definition) is 2. The van der Waals surface area contributed by atoms with Crippen LogP contribution in [-0.2, 0) is 4.74 Å². The lowest BCUT2D eigenvalue weighted by atomic mass is 9.90. The van der Waals surface area contributed by atoms with Gasteiger partial charge in [-0.1, -0.05) is 0 Å². The normalized spacial score (nSPS) is 18.6. The smallest absolute Gasteiger partial charge is 0.254 e. The lowest BCUT2D eigenvalue weighted by molar-refractivity contribution is 0.0125. The predicted molar refractivity (Wildman–Crippen MR) is 59.4 cm³/mol. The molecule has 1 saturated heterocycles. The Kier molecular flexibility index (Phi) is 3.65. The minimum Gasteiger partial charge on any atom is -0.394 e. The Hall–Kier alpha value is -1.53. The van der Waals surface area contributed by atoms with Gasteiger partial charge in [0.05, 0.1) is 17.7 Å². The molecule has 2 rings (SSSR count). The molecule has 2 heterocycles. The molecule has 0 spiro atoms. The molecule has 0 bridgehead atoms. The highest BCUT2D eigenvalue weighted by atomic mass is 16.5. The zero-order valence-electron chi connectivity index (χ0n) is 9.43. The molecule has 1 aromatic rings. The van der Waals surface area contributed by atoms with Crippen LogP contribution in [-0.4, -0.2) is 46.3 Å². The number of nitrogens with one attached hydrogen (secondary N) is 1. The van der Waals surface area contributed by atoms with Gasteiger partial charge in [-0.3, -0.25) is 4.79 Å². The van der Waals surface area contributed by atoms with Crippen molar-refractivity contribution in [3.8, 4) is 0 Å². The lowest BCUT2D eigenvalue weighted by Crippen LogP contribution is -2.54. The van der Waals surface area contributed by atoms with Crippen LogP contribution in [0.5, 0.6) is 0 Å². The van der Waals surface area contributed by atoms with E-state index in [2.05, 4.69) is 15.3 Å². The summed E-state index contributed by atoms with van der Waals surface area (Å²) in [6.07, 6.45) is 5.50. The summed E-state index contributed by atoms with van der Waals surface area (Å²) in [4.78, 5) is 19.5. The summed E-state index contributed by atoms with van der Waals surface area (Å²) in [6, 6.07) is 0. The van der Waals surface area contributed by atoms with E-state index < -0.39 is 5.54 Å². The largest absolute Gasteiger partial charge is 0.394 e. The van der Waals surface area contributed by atoms with Crippen LogP contribution in [0.1, 0.15) is 23.2 Å². The fraction of sp³-hybridized carbons (Fsp3) is 0.545. The summed E-state index contributed by atoms with van der Waals surface area (Å²) in [5.41, 5.74) is -0.183. The number of carbonyl (C=O) groups excluding carboxylic acids is 1. The highest BCUT2D eigenvalue weighted by Crippen LogP contribution is 2.20. The van der Waals surface area contributed by atoms with Gasteiger partial charge in [-0.15, -0.1) is 0 Å². The zero-order valence-corrected chi connectivity index (χ0v) is 9.43. The summed E-state index contributed by atoms with van der Waals surface area (Å²) < 4.78 is 5.23. The molecule has 1 aliphatic rings. The van der Waals surface area contributed by atoms with Crippen molar-refractivity contribution in [3.63, 3.8) is 0 Å². The van der Waals surface area contributed by atoms with Gasteiger partial charge in [0.2, 0.25) is 0 Å². The third-order valence-corrected chi connectivity index (χ3v) is 2.95. The van der Waals surface area contributed by atoms with Crippen LogP contribution >= 0.6 is 0 Å². The van der Waals surface area contributed by atoms with Gasteiger partial charge in [0.1, 0.15) is 6.33 Å². The second-order valence-electron chi connectivity index (χ2n) is 4.13. The van der Waals surface area contributed by atoms with Gasteiger partial charge in [0.25, 0.3) is 5.91 Å². The molecule has 0 aromatic carbocycles. The molecule has 6 nitrogen and oxygen atoms in total. The van der Waals surface area contributed by atoms with Crippen LogP contribution in [0.15, 0.2) is 18.7 Å². The van der Waals surface area contributed by atoms with E-state index in [9.17, 15) is 9.90 Å². The summed E-state index contributed by atoms with van der Waals surface area (Å²) in [5.74, 6) is -0.262. The average Bonchev–Trinajstić information content (AvgIpc) is 2.41. The molecular formula is C11H15N3O3. The summed E-state index contributed by atoms with van der Waals surface area (Å²) >= 11 is 0. The van der Waals surface area contributed by atoms with Crippen molar-refractivity contribution >= 4 is 5.91 Å². The first-order valence-electron chi connectivity index (χ1n) is 5.52. The number of hydrogen-bond acceptors (Lipinski definition) is 5. The van der Waals surface area contributed by atoms with Crippen molar-refractivity contribution in [3.05, 3.63) is 24.3 Å². The molecule has 0 atom stereocenters. The fourth-order valence-corrected chi connectivity index (χ4v) is 1.81. The van der Waals surface area contributed by atoms with Crippen LogP contribution in [0.2, 0.25) is 0 Å². The maximum absolute atomic E-state index is 11.9. The number of ether oxygens (including phenoxy) is 1. The third-order valence-electron chi connectivity index (χ3n) is 2.95. The monoisotopic (exact) mass is 237 g/mol. The Labute approximate surface area is 99.0 Å². The SMILES string of the molecule is O=C(NC1(CO)CCOCC1)c1cncnc1. The van der Waals surface area contributed by atoms with Gasteiger partial charge in [-0.25, -0.2) is 9.97 Å². The van der Waals surface area contributed by atoms with Crippen molar-refractivity contribution in [1.82, 2.24) is 15.3 Å². The molecule has 0 unspecified atom stereocenters. The number of amides is 1. The van der Waals surface area contributed by atoms with E-state index in [1.165, 1.54) is 18.7 Å². The quantitative estimate of drug-likeness (QED) is 0.757. The number of rotatable bonds is 3. The van der Waals surface area contributed by atoms with Crippen molar-refractivity contribution in [2.24, 2.45) is 0 Å². The molecule has 1 aliphatic heterocycles. The number of aromatic nitrogens is 2. The molecule has 2 N–H and O–H groups in total. The number of carbonyl (C=O) groups is 1. The number of nitrogens with zero attached hydrogens (tertiary/aromatic N) is 2. The molecule has 1 amide bonds. The first kappa shape index (κ1) is 11.9. The van der Waals surface area contributed by atoms with E-state index in [0.717, 1.165) is 0 Å². The van der Waals surface area contributed by atoms with Gasteiger partial charge in [-0.2, -0.15) is 0 Å². The highest BCUT2D eigenvalue weighted by molar-refractivity contribution is 5.94. The fourth-order valence-electron chi connectivity index (χ4n) is 1.81. The third kappa shape index (κ3) is 2.78. The van der Waals surface area contributed by atoms with Crippen molar-refractivity contribution in [2.75, 3.05) is 19.8 Å². The predicted octanol–water partition coefficient (Wildman–Crippen LogP) is -0.252. The minimum atomic E-state index is -0.578. The maximum Gasteiger partial charge on any atom is 0.254 e. The maximum atomic E-state index is 11.9. The van der Waals surface area contributed by atoms with Crippen LogP contribution in [0.25, 0.3) is 0 Å². The minimum absolute atomic E-state index is 0.0875. The Balaban J connectivity index is 2.06. The van der Waals surface area contributed by atoms with Gasteiger partial charge in [0, 0.05) is 25.6 Å². The van der Waals surface area contributed by atoms with Crippen molar-refractivity contribution in [2.45, 2.75) is 18.4 Å². The van der Waals surface area contributed by atoms with Crippen LogP contribution < -0.4 is 5.32 Å². The van der Waals surface area contributed by atoms with Gasteiger partial charge >= 0.3 is 0 Å². The molecule has 0 aliphatic carbocycles. The van der Waals surface area contributed by atoms with Gasteiger partial charge < -0.3 is 15.2 Å². The molecule has 0 radical (unpaired) electrons. The second kappa shape index (κ2) is 5.20. The molecule has 17 heavy (non-hydrogen) atoms.